The van der Waals surface area contributed by atoms with E-state index in [1.165, 1.54) is 24.3 Å². The van der Waals surface area contributed by atoms with E-state index in [9.17, 15) is 18.0 Å². The lowest BCUT2D eigenvalue weighted by molar-refractivity contribution is -0.129. The average Bonchev–Trinajstić information content (AvgIpc) is 3.15. The van der Waals surface area contributed by atoms with Crippen LogP contribution in [0, 0.1) is 17.0 Å². The number of nitrogens with one attached hydrogen (secondary N) is 1. The van der Waals surface area contributed by atoms with Gasteiger partial charge in [0.1, 0.15) is 24.1 Å². The zero-order valence-electron chi connectivity index (χ0n) is 18.8. The van der Waals surface area contributed by atoms with Gasteiger partial charge in [-0.25, -0.2) is 18.2 Å². The van der Waals surface area contributed by atoms with E-state index in [1.807, 2.05) is 4.57 Å². The normalized spacial score (nSPS) is 12.5. The number of rotatable bonds is 10. The summed E-state index contributed by atoms with van der Waals surface area (Å²) in [5.74, 6) is -0.314. The van der Waals surface area contributed by atoms with Crippen LogP contribution in [0.5, 0.6) is 0 Å². The number of carbonyl (C=O) groups excluding carboxylic acids is 1. The van der Waals surface area contributed by atoms with Gasteiger partial charge in [-0.15, -0.1) is 0 Å². The lowest BCUT2D eigenvalue weighted by Gasteiger charge is -2.24. The molecule has 1 aromatic heterocycles. The Bertz CT molecular complexity index is 1100. The van der Waals surface area contributed by atoms with E-state index >= 15 is 0 Å². The monoisotopic (exact) mass is 458 g/mol. The van der Waals surface area contributed by atoms with E-state index in [1.54, 1.807) is 44.3 Å². The van der Waals surface area contributed by atoms with Crippen molar-refractivity contribution in [1.82, 2.24) is 14.9 Å². The summed E-state index contributed by atoms with van der Waals surface area (Å²) in [5, 5.41) is 2.81. The number of nitrogens with two attached hydrogens (primary N) is 1. The molecular formula is C25H29F3N4O. The smallest absolute Gasteiger partial charge is 0.226 e. The van der Waals surface area contributed by atoms with E-state index in [-0.39, 0.29) is 24.1 Å². The molecule has 3 N–H and O–H groups in total. The quantitative estimate of drug-likeness (QED) is 0.477. The van der Waals surface area contributed by atoms with Crippen LogP contribution in [0.2, 0.25) is 0 Å². The van der Waals surface area contributed by atoms with Crippen LogP contribution in [-0.2, 0) is 17.8 Å². The minimum Gasteiger partial charge on any atom is -0.356 e. The maximum Gasteiger partial charge on any atom is 0.226 e. The molecule has 33 heavy (non-hydrogen) atoms. The van der Waals surface area contributed by atoms with E-state index in [0.29, 0.717) is 36.5 Å². The molecular weight excluding hydrogens is 429 g/mol. The summed E-state index contributed by atoms with van der Waals surface area (Å²) in [5.41, 5.74) is 6.65. The molecule has 1 heterocycles. The highest BCUT2D eigenvalue weighted by Crippen LogP contribution is 2.26. The van der Waals surface area contributed by atoms with Gasteiger partial charge in [0.05, 0.1) is 11.1 Å². The van der Waals surface area contributed by atoms with Gasteiger partial charge in [-0.1, -0.05) is 38.1 Å². The Morgan fingerprint density at radius 3 is 2.52 bits per heavy atom. The topological polar surface area (TPSA) is 72.9 Å². The van der Waals surface area contributed by atoms with Crippen LogP contribution in [0.1, 0.15) is 31.7 Å². The first-order chi connectivity index (χ1) is 15.7. The maximum absolute atomic E-state index is 13.8. The number of hydrogen-bond donors (Lipinski definition) is 2. The Morgan fingerprint density at radius 2 is 1.85 bits per heavy atom. The zero-order valence-corrected chi connectivity index (χ0v) is 18.8. The number of amides is 1. The van der Waals surface area contributed by atoms with Gasteiger partial charge in [0.2, 0.25) is 5.91 Å². The summed E-state index contributed by atoms with van der Waals surface area (Å²) in [6, 6.07) is 11.8. The van der Waals surface area contributed by atoms with Crippen LogP contribution >= 0.6 is 0 Å². The van der Waals surface area contributed by atoms with Gasteiger partial charge in [0, 0.05) is 37.3 Å². The first kappa shape index (κ1) is 24.5. The average molecular weight is 459 g/mol. The fourth-order valence-corrected chi connectivity index (χ4v) is 3.51. The Labute approximate surface area is 191 Å². The molecule has 0 saturated heterocycles. The Kier molecular flexibility index (Phi) is 7.92. The first-order valence-corrected chi connectivity index (χ1v) is 10.8. The molecule has 3 rings (SSSR count). The van der Waals surface area contributed by atoms with Crippen molar-refractivity contribution in [3.8, 4) is 11.3 Å². The van der Waals surface area contributed by atoms with Gasteiger partial charge in [0.25, 0.3) is 0 Å². The number of halogens is 3. The molecule has 0 fully saturated rings. The lowest BCUT2D eigenvalue weighted by Crippen LogP contribution is -2.41. The Morgan fingerprint density at radius 1 is 1.15 bits per heavy atom. The van der Waals surface area contributed by atoms with Crippen molar-refractivity contribution in [2.75, 3.05) is 13.2 Å². The van der Waals surface area contributed by atoms with Gasteiger partial charge in [-0.3, -0.25) is 4.79 Å². The van der Waals surface area contributed by atoms with Crippen LogP contribution in [0.15, 0.2) is 54.7 Å². The van der Waals surface area contributed by atoms with Crippen LogP contribution in [0.25, 0.3) is 11.3 Å². The van der Waals surface area contributed by atoms with Crippen LogP contribution in [0.3, 0.4) is 0 Å². The largest absolute Gasteiger partial charge is 0.356 e. The molecule has 0 unspecified atom stereocenters. The van der Waals surface area contributed by atoms with Crippen molar-refractivity contribution in [3.05, 3.63) is 77.8 Å². The van der Waals surface area contributed by atoms with Gasteiger partial charge in [-0.05, 0) is 36.2 Å². The summed E-state index contributed by atoms with van der Waals surface area (Å²) in [4.78, 5) is 17.5. The SMILES string of the molecule is CC(C)(Cc1nc(-c2cccc(F)c2)cn1Cc1cccc(F)c1)C(=O)NCC[C@@H](N)CF. The molecule has 0 aliphatic carbocycles. The second-order valence-corrected chi connectivity index (χ2v) is 8.83. The molecule has 1 atom stereocenters. The molecule has 0 spiro atoms. The van der Waals surface area contributed by atoms with E-state index in [2.05, 4.69) is 10.3 Å². The third-order valence-corrected chi connectivity index (χ3v) is 5.44. The fourth-order valence-electron chi connectivity index (χ4n) is 3.51. The van der Waals surface area contributed by atoms with E-state index < -0.39 is 18.1 Å². The second kappa shape index (κ2) is 10.7. The third kappa shape index (κ3) is 6.68. The second-order valence-electron chi connectivity index (χ2n) is 8.83. The van der Waals surface area contributed by atoms with Gasteiger partial charge >= 0.3 is 0 Å². The zero-order chi connectivity index (χ0) is 24.0. The minimum atomic E-state index is -0.829. The maximum atomic E-state index is 13.8. The van der Waals surface area contributed by atoms with Crippen molar-refractivity contribution < 1.29 is 18.0 Å². The molecule has 0 saturated carbocycles. The number of carbonyl (C=O) groups is 1. The third-order valence-electron chi connectivity index (χ3n) is 5.44. The molecule has 5 nitrogen and oxygen atoms in total. The lowest BCUT2D eigenvalue weighted by atomic mass is 9.87. The summed E-state index contributed by atoms with van der Waals surface area (Å²) in [6.45, 7) is 3.57. The van der Waals surface area contributed by atoms with Crippen molar-refractivity contribution >= 4 is 5.91 Å². The number of aromatic nitrogens is 2. The first-order valence-electron chi connectivity index (χ1n) is 10.8. The molecule has 0 aliphatic rings. The minimum absolute atomic E-state index is 0.207. The van der Waals surface area contributed by atoms with Gasteiger partial charge in [0.15, 0.2) is 0 Å². The Balaban J connectivity index is 1.85. The summed E-state index contributed by atoms with van der Waals surface area (Å²) >= 11 is 0. The van der Waals surface area contributed by atoms with Crippen molar-refractivity contribution in [1.29, 1.82) is 0 Å². The number of nitrogens with zero attached hydrogens (tertiary/aromatic N) is 2. The van der Waals surface area contributed by atoms with Crippen LogP contribution in [-0.4, -0.2) is 34.7 Å². The number of benzene rings is 2. The predicted octanol–water partition coefficient (Wildman–Crippen LogP) is 4.25. The van der Waals surface area contributed by atoms with Crippen LogP contribution in [0.4, 0.5) is 13.2 Å². The highest BCUT2D eigenvalue weighted by Gasteiger charge is 2.30. The number of alkyl halides is 1. The molecule has 176 valence electrons. The molecule has 0 aliphatic heterocycles. The standard InChI is InChI=1S/C25H29F3N4O/c1-25(2,24(33)30-10-9-21(29)14-26)13-23-31-22(18-6-4-8-20(28)12-18)16-32(23)15-17-5-3-7-19(27)11-17/h3-8,11-12,16,21H,9-10,13-15,29H2,1-2H3,(H,30,33)/t21-/m1/s1. The molecule has 3 aromatic rings. The summed E-state index contributed by atoms with van der Waals surface area (Å²) < 4.78 is 41.9. The predicted molar refractivity (Wildman–Crippen MR) is 122 cm³/mol. The van der Waals surface area contributed by atoms with E-state index in [4.69, 9.17) is 5.73 Å². The van der Waals surface area contributed by atoms with Crippen LogP contribution < -0.4 is 11.1 Å². The molecule has 2 aromatic carbocycles. The number of hydrogen-bond acceptors (Lipinski definition) is 3. The van der Waals surface area contributed by atoms with Crippen molar-refractivity contribution in [2.24, 2.45) is 11.1 Å². The Hall–Kier alpha value is -3.13. The van der Waals surface area contributed by atoms with Crippen molar-refractivity contribution in [3.63, 3.8) is 0 Å². The molecule has 1 amide bonds. The molecule has 8 heteroatoms. The summed E-state index contributed by atoms with van der Waals surface area (Å²) in [7, 11) is 0. The fraction of sp³-hybridized carbons (Fsp3) is 0.360. The van der Waals surface area contributed by atoms with Gasteiger partial charge < -0.3 is 15.6 Å². The molecule has 0 bridgehead atoms. The molecule has 0 radical (unpaired) electrons. The highest BCUT2D eigenvalue weighted by molar-refractivity contribution is 5.82. The highest BCUT2D eigenvalue weighted by atomic mass is 19.1. The summed E-state index contributed by atoms with van der Waals surface area (Å²) in [6.07, 6.45) is 2.41. The van der Waals surface area contributed by atoms with Gasteiger partial charge in [-0.2, -0.15) is 0 Å². The van der Waals surface area contributed by atoms with E-state index in [0.717, 1.165) is 5.56 Å². The van der Waals surface area contributed by atoms with Crippen molar-refractivity contribution in [2.45, 2.75) is 39.3 Å². The number of imidazole rings is 1.